The molecule has 0 saturated heterocycles. The number of halogens is 2. The van der Waals surface area contributed by atoms with Crippen LogP contribution in [0.1, 0.15) is 37.0 Å². The first-order valence-electron chi connectivity index (χ1n) is 8.86. The molecule has 0 aliphatic carbocycles. The van der Waals surface area contributed by atoms with Crippen molar-refractivity contribution in [3.05, 3.63) is 58.1 Å². The maximum atomic E-state index is 12.3. The summed E-state index contributed by atoms with van der Waals surface area (Å²) in [7, 11) is 0. The van der Waals surface area contributed by atoms with Crippen LogP contribution in [0.3, 0.4) is 0 Å². The molecule has 0 heterocycles. The number of nitrogens with one attached hydrogen (secondary N) is 3. The fraction of sp³-hybridized carbons (Fsp3) is 0.250. The normalized spacial score (nSPS) is 10.4. The summed E-state index contributed by atoms with van der Waals surface area (Å²) in [6.45, 7) is 3.69. The standard InChI is InChI=1S/C20H21Cl2N3O4/c1-12(2)29-17-6-4-3-5-14(17)20(28)25-24-19(27)10-9-18(26)23-16-8-7-13(21)11-15(16)22/h3-8,11-12H,9-10H2,1-2H3,(H,23,26)(H,24,27)(H,25,28). The molecular formula is C20H21Cl2N3O4. The van der Waals surface area contributed by atoms with Gasteiger partial charge in [-0.25, -0.2) is 0 Å². The maximum Gasteiger partial charge on any atom is 0.273 e. The molecule has 0 atom stereocenters. The number of carbonyl (C=O) groups is 3. The van der Waals surface area contributed by atoms with Crippen LogP contribution in [0.15, 0.2) is 42.5 Å². The zero-order valence-electron chi connectivity index (χ0n) is 15.9. The van der Waals surface area contributed by atoms with E-state index in [0.717, 1.165) is 0 Å². The lowest BCUT2D eigenvalue weighted by Gasteiger charge is -2.14. The lowest BCUT2D eigenvalue weighted by atomic mass is 10.2. The largest absolute Gasteiger partial charge is 0.490 e. The Bertz CT molecular complexity index is 903. The molecule has 0 saturated carbocycles. The molecule has 2 rings (SSSR count). The third-order valence-corrected chi connectivity index (χ3v) is 4.14. The highest BCUT2D eigenvalue weighted by Crippen LogP contribution is 2.25. The fourth-order valence-corrected chi connectivity index (χ4v) is 2.75. The van der Waals surface area contributed by atoms with E-state index in [-0.39, 0.29) is 24.5 Å². The van der Waals surface area contributed by atoms with Crippen molar-refractivity contribution < 1.29 is 19.1 Å². The van der Waals surface area contributed by atoms with Gasteiger partial charge in [0.05, 0.1) is 22.4 Å². The highest BCUT2D eigenvalue weighted by Gasteiger charge is 2.14. The second-order valence-electron chi connectivity index (χ2n) is 6.34. The first kappa shape index (κ1) is 22.5. The van der Waals surface area contributed by atoms with E-state index < -0.39 is 17.7 Å². The van der Waals surface area contributed by atoms with Crippen molar-refractivity contribution in [3.63, 3.8) is 0 Å². The lowest BCUT2D eigenvalue weighted by molar-refractivity contribution is -0.124. The van der Waals surface area contributed by atoms with Gasteiger partial charge >= 0.3 is 0 Å². The summed E-state index contributed by atoms with van der Waals surface area (Å²) >= 11 is 11.8. The van der Waals surface area contributed by atoms with Gasteiger partial charge in [-0.05, 0) is 44.2 Å². The molecule has 29 heavy (non-hydrogen) atoms. The molecular weight excluding hydrogens is 417 g/mol. The molecule has 2 aromatic rings. The predicted molar refractivity (Wildman–Crippen MR) is 112 cm³/mol. The van der Waals surface area contributed by atoms with Crippen molar-refractivity contribution >= 4 is 46.6 Å². The van der Waals surface area contributed by atoms with E-state index in [0.29, 0.717) is 21.5 Å². The summed E-state index contributed by atoms with van der Waals surface area (Å²) in [5.41, 5.74) is 5.29. The van der Waals surface area contributed by atoms with Crippen molar-refractivity contribution in [1.82, 2.24) is 10.9 Å². The van der Waals surface area contributed by atoms with Gasteiger partial charge in [-0.1, -0.05) is 35.3 Å². The fourth-order valence-electron chi connectivity index (χ4n) is 2.30. The van der Waals surface area contributed by atoms with Crippen LogP contribution in [0.5, 0.6) is 5.75 Å². The van der Waals surface area contributed by atoms with E-state index in [9.17, 15) is 14.4 Å². The van der Waals surface area contributed by atoms with Gasteiger partial charge in [0.2, 0.25) is 11.8 Å². The lowest BCUT2D eigenvalue weighted by Crippen LogP contribution is -2.42. The third-order valence-electron chi connectivity index (χ3n) is 3.59. The minimum atomic E-state index is -0.521. The van der Waals surface area contributed by atoms with E-state index in [2.05, 4.69) is 16.2 Å². The highest BCUT2D eigenvalue weighted by atomic mass is 35.5. The number of rotatable bonds is 7. The van der Waals surface area contributed by atoms with Crippen LogP contribution < -0.4 is 20.9 Å². The van der Waals surface area contributed by atoms with Gasteiger partial charge in [0, 0.05) is 17.9 Å². The first-order valence-corrected chi connectivity index (χ1v) is 9.61. The Labute approximate surface area is 178 Å². The van der Waals surface area contributed by atoms with Crippen LogP contribution in [-0.4, -0.2) is 23.8 Å². The van der Waals surface area contributed by atoms with Gasteiger partial charge in [0.25, 0.3) is 5.91 Å². The third kappa shape index (κ3) is 7.29. The quantitative estimate of drug-likeness (QED) is 0.571. The molecule has 0 spiro atoms. The molecule has 0 aromatic heterocycles. The van der Waals surface area contributed by atoms with Crippen molar-refractivity contribution in [2.45, 2.75) is 32.8 Å². The number of hydrazine groups is 1. The smallest absolute Gasteiger partial charge is 0.273 e. The maximum absolute atomic E-state index is 12.3. The summed E-state index contributed by atoms with van der Waals surface area (Å²) in [6, 6.07) is 11.4. The Morgan fingerprint density at radius 2 is 1.66 bits per heavy atom. The Morgan fingerprint density at radius 1 is 0.966 bits per heavy atom. The second kappa shape index (κ2) is 10.7. The number of hydrogen-bond acceptors (Lipinski definition) is 4. The molecule has 0 unspecified atom stereocenters. The number of para-hydroxylation sites is 1. The van der Waals surface area contributed by atoms with Crippen molar-refractivity contribution in [2.75, 3.05) is 5.32 Å². The van der Waals surface area contributed by atoms with Crippen molar-refractivity contribution in [1.29, 1.82) is 0 Å². The number of ether oxygens (including phenoxy) is 1. The first-order chi connectivity index (χ1) is 13.8. The minimum Gasteiger partial charge on any atom is -0.490 e. The van der Waals surface area contributed by atoms with Gasteiger partial charge in [0.15, 0.2) is 0 Å². The molecule has 0 radical (unpaired) electrons. The zero-order chi connectivity index (χ0) is 21.4. The van der Waals surface area contributed by atoms with E-state index in [1.807, 2.05) is 13.8 Å². The van der Waals surface area contributed by atoms with Gasteiger partial charge in [-0.15, -0.1) is 0 Å². The van der Waals surface area contributed by atoms with Crippen molar-refractivity contribution in [3.8, 4) is 5.75 Å². The van der Waals surface area contributed by atoms with Crippen molar-refractivity contribution in [2.24, 2.45) is 0 Å². The molecule has 7 nitrogen and oxygen atoms in total. The average molecular weight is 438 g/mol. The molecule has 154 valence electrons. The van der Waals surface area contributed by atoms with E-state index in [4.69, 9.17) is 27.9 Å². The molecule has 9 heteroatoms. The summed E-state index contributed by atoms with van der Waals surface area (Å²) < 4.78 is 5.58. The van der Waals surface area contributed by atoms with Crippen LogP contribution >= 0.6 is 23.2 Å². The number of hydrogen-bond donors (Lipinski definition) is 3. The number of benzene rings is 2. The topological polar surface area (TPSA) is 96.5 Å². The van der Waals surface area contributed by atoms with Crippen LogP contribution in [0.2, 0.25) is 10.0 Å². The summed E-state index contributed by atoms with van der Waals surface area (Å²) in [5, 5.41) is 3.34. The molecule has 0 aliphatic heterocycles. The summed E-state index contributed by atoms with van der Waals surface area (Å²) in [5.74, 6) is -1.02. The van der Waals surface area contributed by atoms with Crippen LogP contribution in [0.25, 0.3) is 0 Å². The number of carbonyl (C=O) groups excluding carboxylic acids is 3. The van der Waals surface area contributed by atoms with Crippen LogP contribution in [-0.2, 0) is 9.59 Å². The Kier molecular flexibility index (Phi) is 8.30. The van der Waals surface area contributed by atoms with E-state index >= 15 is 0 Å². The summed E-state index contributed by atoms with van der Waals surface area (Å²) in [4.78, 5) is 36.2. The molecule has 3 N–H and O–H groups in total. The van der Waals surface area contributed by atoms with E-state index in [1.54, 1.807) is 36.4 Å². The minimum absolute atomic E-state index is 0.0896. The Hall–Kier alpha value is -2.77. The van der Waals surface area contributed by atoms with Gasteiger partial charge in [-0.3, -0.25) is 25.2 Å². The molecule has 0 fully saturated rings. The monoisotopic (exact) mass is 437 g/mol. The van der Waals surface area contributed by atoms with E-state index in [1.165, 1.54) is 6.07 Å². The SMILES string of the molecule is CC(C)Oc1ccccc1C(=O)NNC(=O)CCC(=O)Nc1ccc(Cl)cc1Cl. The van der Waals surface area contributed by atoms with Gasteiger partial charge < -0.3 is 10.1 Å². The van der Waals surface area contributed by atoms with Crippen LogP contribution in [0, 0.1) is 0 Å². The highest BCUT2D eigenvalue weighted by molar-refractivity contribution is 6.36. The molecule has 0 bridgehead atoms. The average Bonchev–Trinajstić information content (AvgIpc) is 2.66. The number of amides is 3. The molecule has 3 amide bonds. The van der Waals surface area contributed by atoms with Crippen LogP contribution in [0.4, 0.5) is 5.69 Å². The molecule has 0 aliphatic rings. The Balaban J connectivity index is 1.81. The predicted octanol–water partition coefficient (Wildman–Crippen LogP) is 3.96. The van der Waals surface area contributed by atoms with Gasteiger partial charge in [-0.2, -0.15) is 0 Å². The van der Waals surface area contributed by atoms with Gasteiger partial charge in [0.1, 0.15) is 5.75 Å². The summed E-state index contributed by atoms with van der Waals surface area (Å²) in [6.07, 6.45) is -0.318. The zero-order valence-corrected chi connectivity index (χ0v) is 17.4. The Morgan fingerprint density at radius 3 is 2.34 bits per heavy atom. The molecule has 2 aromatic carbocycles. The second-order valence-corrected chi connectivity index (χ2v) is 7.18. The number of anilines is 1.